The molecule has 2 aromatic rings. The Kier molecular flexibility index (Phi) is 3.21. The molecule has 1 aromatic carbocycles. The Bertz CT molecular complexity index is 638. The first kappa shape index (κ1) is 13.0. The number of terminal acetylenes is 1. The molecular weight excluding hydrogens is 257 g/mol. The Balaban J connectivity index is 2.38. The Morgan fingerprint density at radius 3 is 2.68 bits per heavy atom. The molecule has 0 N–H and O–H groups in total. The third-order valence-electron chi connectivity index (χ3n) is 2.35. The summed E-state index contributed by atoms with van der Waals surface area (Å²) in [5, 5.41) is 0. The lowest BCUT2D eigenvalue weighted by Gasteiger charge is -2.09. The second kappa shape index (κ2) is 4.69. The summed E-state index contributed by atoms with van der Waals surface area (Å²) in [7, 11) is 1.71. The van der Waals surface area contributed by atoms with Crippen LogP contribution in [0.5, 0.6) is 5.75 Å². The first-order valence-corrected chi connectivity index (χ1v) is 5.25. The normalized spacial score (nSPS) is 11.1. The van der Waals surface area contributed by atoms with E-state index in [0.717, 1.165) is 0 Å². The van der Waals surface area contributed by atoms with Gasteiger partial charge in [-0.25, -0.2) is 4.98 Å². The highest BCUT2D eigenvalue weighted by Crippen LogP contribution is 2.27. The molecule has 0 atom stereocenters. The van der Waals surface area contributed by atoms with Crippen LogP contribution in [0.1, 0.15) is 5.69 Å². The molecule has 0 amide bonds. The van der Waals surface area contributed by atoms with Gasteiger partial charge in [-0.2, -0.15) is 0 Å². The van der Waals surface area contributed by atoms with Gasteiger partial charge in [0.1, 0.15) is 17.3 Å². The highest BCUT2D eigenvalue weighted by molar-refractivity contribution is 5.59. The quantitative estimate of drug-likeness (QED) is 0.781. The van der Waals surface area contributed by atoms with Gasteiger partial charge in [-0.05, 0) is 18.1 Å². The number of nitrogens with zero attached hydrogens (tertiary/aromatic N) is 2. The lowest BCUT2D eigenvalue weighted by atomic mass is 10.2. The summed E-state index contributed by atoms with van der Waals surface area (Å²) < 4.78 is 41.9. The predicted molar refractivity (Wildman–Crippen MR) is 63.3 cm³/mol. The lowest BCUT2D eigenvalue weighted by Crippen LogP contribution is -2.17. The molecular formula is C13H9F3N2O. The molecule has 2 rings (SSSR count). The fraction of sp³-hybridized carbons (Fsp3) is 0.154. The van der Waals surface area contributed by atoms with Gasteiger partial charge < -0.3 is 9.30 Å². The number of hydrogen-bond acceptors (Lipinski definition) is 2. The molecule has 3 nitrogen and oxygen atoms in total. The largest absolute Gasteiger partial charge is 0.573 e. The topological polar surface area (TPSA) is 27.1 Å². The van der Waals surface area contributed by atoms with Crippen molar-refractivity contribution in [1.29, 1.82) is 0 Å². The smallest absolute Gasteiger partial charge is 0.406 e. The number of benzene rings is 1. The van der Waals surface area contributed by atoms with Gasteiger partial charge in [0.2, 0.25) is 0 Å². The van der Waals surface area contributed by atoms with Crippen molar-refractivity contribution in [1.82, 2.24) is 9.55 Å². The van der Waals surface area contributed by atoms with Crippen LogP contribution >= 0.6 is 0 Å². The maximum Gasteiger partial charge on any atom is 0.573 e. The number of alkyl halides is 3. The highest BCUT2D eigenvalue weighted by atomic mass is 19.4. The molecule has 19 heavy (non-hydrogen) atoms. The molecule has 0 spiro atoms. The van der Waals surface area contributed by atoms with Crippen LogP contribution in [0.15, 0.2) is 30.5 Å². The fourth-order valence-electron chi connectivity index (χ4n) is 1.64. The molecule has 0 aliphatic carbocycles. The zero-order chi connectivity index (χ0) is 14.0. The molecule has 0 radical (unpaired) electrons. The number of ether oxygens (including phenoxy) is 1. The van der Waals surface area contributed by atoms with Crippen LogP contribution in [-0.4, -0.2) is 15.9 Å². The van der Waals surface area contributed by atoms with Gasteiger partial charge in [0, 0.05) is 18.8 Å². The number of hydrogen-bond donors (Lipinski definition) is 0. The van der Waals surface area contributed by atoms with E-state index in [1.54, 1.807) is 23.9 Å². The predicted octanol–water partition coefficient (Wildman–Crippen LogP) is 2.97. The minimum atomic E-state index is -4.72. The molecule has 6 heteroatoms. The van der Waals surface area contributed by atoms with Gasteiger partial charge in [-0.3, -0.25) is 0 Å². The Morgan fingerprint density at radius 1 is 1.37 bits per heavy atom. The Morgan fingerprint density at radius 2 is 2.11 bits per heavy atom. The van der Waals surface area contributed by atoms with E-state index in [1.165, 1.54) is 18.2 Å². The van der Waals surface area contributed by atoms with Crippen molar-refractivity contribution in [2.75, 3.05) is 0 Å². The number of halogens is 3. The zero-order valence-electron chi connectivity index (χ0n) is 9.90. The van der Waals surface area contributed by atoms with E-state index >= 15 is 0 Å². The second-order valence-electron chi connectivity index (χ2n) is 3.78. The van der Waals surface area contributed by atoms with E-state index in [4.69, 9.17) is 6.42 Å². The Labute approximate surface area is 107 Å². The average molecular weight is 266 g/mol. The van der Waals surface area contributed by atoms with E-state index in [-0.39, 0.29) is 5.75 Å². The molecule has 0 unspecified atom stereocenters. The van der Waals surface area contributed by atoms with Crippen molar-refractivity contribution >= 4 is 0 Å². The van der Waals surface area contributed by atoms with Gasteiger partial charge in [-0.15, -0.1) is 19.6 Å². The monoisotopic (exact) mass is 266 g/mol. The molecule has 1 heterocycles. The fourth-order valence-corrected chi connectivity index (χ4v) is 1.64. The number of imidazole rings is 1. The number of rotatable bonds is 2. The maximum absolute atomic E-state index is 12.1. The van der Waals surface area contributed by atoms with Gasteiger partial charge in [0.15, 0.2) is 0 Å². The van der Waals surface area contributed by atoms with E-state index in [1.807, 2.05) is 0 Å². The van der Waals surface area contributed by atoms with E-state index in [9.17, 15) is 13.2 Å². The first-order valence-electron chi connectivity index (χ1n) is 5.25. The van der Waals surface area contributed by atoms with Crippen molar-refractivity contribution < 1.29 is 17.9 Å². The molecule has 0 bridgehead atoms. The summed E-state index contributed by atoms with van der Waals surface area (Å²) in [5.41, 5.74) is 0.908. The van der Waals surface area contributed by atoms with Crippen LogP contribution in [0.2, 0.25) is 0 Å². The van der Waals surface area contributed by atoms with E-state index in [0.29, 0.717) is 17.1 Å². The molecule has 0 fully saturated rings. The van der Waals surface area contributed by atoms with Crippen molar-refractivity contribution in [2.45, 2.75) is 6.36 Å². The SMILES string of the molecule is C#Cc1cn(C)c(-c2cccc(OC(F)(F)F)c2)n1. The van der Waals surface area contributed by atoms with E-state index in [2.05, 4.69) is 15.6 Å². The molecule has 1 aromatic heterocycles. The van der Waals surface area contributed by atoms with E-state index < -0.39 is 6.36 Å². The molecule has 0 saturated heterocycles. The van der Waals surface area contributed by atoms with Crippen molar-refractivity contribution in [3.05, 3.63) is 36.2 Å². The minimum Gasteiger partial charge on any atom is -0.406 e. The van der Waals surface area contributed by atoms with Crippen molar-refractivity contribution in [3.8, 4) is 29.5 Å². The zero-order valence-corrected chi connectivity index (χ0v) is 9.90. The van der Waals surface area contributed by atoms with Gasteiger partial charge in [0.05, 0.1) is 0 Å². The standard InChI is InChI=1S/C13H9F3N2O/c1-3-10-8-18(2)12(17-10)9-5-4-6-11(7-9)19-13(14,15)16/h1,4-8H,2H3. The minimum absolute atomic E-state index is 0.296. The second-order valence-corrected chi connectivity index (χ2v) is 3.78. The molecule has 0 aliphatic rings. The van der Waals surface area contributed by atoms with Crippen LogP contribution in [0.3, 0.4) is 0 Å². The summed E-state index contributed by atoms with van der Waals surface area (Å²) in [4.78, 5) is 4.13. The molecule has 0 aliphatic heterocycles. The molecule has 0 saturated carbocycles. The third kappa shape index (κ3) is 3.07. The highest BCUT2D eigenvalue weighted by Gasteiger charge is 2.31. The maximum atomic E-state index is 12.1. The Hall–Kier alpha value is -2.42. The van der Waals surface area contributed by atoms with Gasteiger partial charge >= 0.3 is 6.36 Å². The van der Waals surface area contributed by atoms with Crippen LogP contribution in [0.4, 0.5) is 13.2 Å². The van der Waals surface area contributed by atoms with Crippen LogP contribution in [0, 0.1) is 12.3 Å². The van der Waals surface area contributed by atoms with Crippen molar-refractivity contribution in [2.24, 2.45) is 7.05 Å². The van der Waals surface area contributed by atoms with Crippen molar-refractivity contribution in [3.63, 3.8) is 0 Å². The summed E-state index contributed by atoms with van der Waals surface area (Å²) in [5.74, 6) is 2.54. The van der Waals surface area contributed by atoms with Crippen LogP contribution in [-0.2, 0) is 7.05 Å². The number of aryl methyl sites for hydroxylation is 1. The van der Waals surface area contributed by atoms with Crippen LogP contribution in [0.25, 0.3) is 11.4 Å². The summed E-state index contributed by atoms with van der Waals surface area (Å²) >= 11 is 0. The van der Waals surface area contributed by atoms with Gasteiger partial charge in [-0.1, -0.05) is 12.1 Å². The first-order chi connectivity index (χ1) is 8.89. The summed E-state index contributed by atoms with van der Waals surface area (Å²) in [6, 6.07) is 5.57. The van der Waals surface area contributed by atoms with Crippen LogP contribution < -0.4 is 4.74 Å². The summed E-state index contributed by atoms with van der Waals surface area (Å²) in [6.45, 7) is 0. The summed E-state index contributed by atoms with van der Waals surface area (Å²) in [6.07, 6.45) is 2.12. The molecule has 98 valence electrons. The average Bonchev–Trinajstić information content (AvgIpc) is 2.69. The number of aromatic nitrogens is 2. The lowest BCUT2D eigenvalue weighted by molar-refractivity contribution is -0.274. The van der Waals surface area contributed by atoms with Gasteiger partial charge in [0.25, 0.3) is 0 Å². The third-order valence-corrected chi connectivity index (χ3v) is 2.35.